The van der Waals surface area contributed by atoms with Gasteiger partial charge in [0.15, 0.2) is 5.82 Å². The Bertz CT molecular complexity index is 909. The number of thiocarbonyl (C=S) groups is 1. The average Bonchev–Trinajstić information content (AvgIpc) is 2.97. The summed E-state index contributed by atoms with van der Waals surface area (Å²) in [4.78, 5) is 3.66. The third-order valence-corrected chi connectivity index (χ3v) is 3.93. The molecule has 0 unspecified atom stereocenters. The van der Waals surface area contributed by atoms with Crippen LogP contribution in [0.1, 0.15) is 35.6 Å². The highest BCUT2D eigenvalue weighted by Crippen LogP contribution is 2.27. The van der Waals surface area contributed by atoms with E-state index in [1.165, 1.54) is 22.8 Å². The second kappa shape index (κ2) is 6.71. The number of rotatable bonds is 2. The van der Waals surface area contributed by atoms with Crippen LogP contribution in [-0.4, -0.2) is 5.16 Å². The van der Waals surface area contributed by atoms with Gasteiger partial charge in [0.2, 0.25) is 0 Å². The lowest BCUT2D eigenvalue weighted by molar-refractivity contribution is 0.629. The molecule has 0 aromatic heterocycles. The standard InChI is InChI=1S/C20H14FNS/c1-2-14-9-17-7-5-15(11-18(17)10-14)3-4-16-6-8-20(22-13-23)19(21)12-16/h5-9,11-12H,2,10H2,1H3. The van der Waals surface area contributed by atoms with Crippen LogP contribution in [0.25, 0.3) is 6.08 Å². The molecule has 0 saturated heterocycles. The average molecular weight is 319 g/mol. The molecular weight excluding hydrogens is 305 g/mol. The van der Waals surface area contributed by atoms with Gasteiger partial charge in [0.05, 0.1) is 5.16 Å². The Hall–Kier alpha value is -2.53. The molecule has 3 rings (SSSR count). The number of nitrogens with zero attached hydrogens (tertiary/aromatic N) is 1. The number of hydrogen-bond donors (Lipinski definition) is 0. The Kier molecular flexibility index (Phi) is 4.48. The van der Waals surface area contributed by atoms with E-state index in [2.05, 4.69) is 59.3 Å². The predicted octanol–water partition coefficient (Wildman–Crippen LogP) is 5.31. The molecule has 0 fully saturated rings. The normalized spacial score (nSPS) is 11.8. The fraction of sp³-hybridized carbons (Fsp3) is 0.150. The van der Waals surface area contributed by atoms with Crippen LogP contribution in [0, 0.1) is 17.7 Å². The van der Waals surface area contributed by atoms with Crippen LogP contribution in [0.2, 0.25) is 0 Å². The Labute approximate surface area is 140 Å². The molecule has 0 saturated carbocycles. The summed E-state index contributed by atoms with van der Waals surface area (Å²) < 4.78 is 13.8. The van der Waals surface area contributed by atoms with Gasteiger partial charge in [-0.1, -0.05) is 36.5 Å². The van der Waals surface area contributed by atoms with Gasteiger partial charge in [0, 0.05) is 11.1 Å². The second-order valence-electron chi connectivity index (χ2n) is 5.37. The van der Waals surface area contributed by atoms with E-state index < -0.39 is 5.82 Å². The van der Waals surface area contributed by atoms with E-state index in [0.29, 0.717) is 5.56 Å². The summed E-state index contributed by atoms with van der Waals surface area (Å²) in [5.74, 6) is 5.64. The van der Waals surface area contributed by atoms with Crippen LogP contribution >= 0.6 is 12.2 Å². The van der Waals surface area contributed by atoms with Gasteiger partial charge in [-0.15, -0.1) is 0 Å². The van der Waals surface area contributed by atoms with Gasteiger partial charge in [-0.2, -0.15) is 4.99 Å². The highest BCUT2D eigenvalue weighted by Gasteiger charge is 2.11. The summed E-state index contributed by atoms with van der Waals surface area (Å²) in [6.07, 6.45) is 4.32. The minimum Gasteiger partial charge on any atom is -0.205 e. The van der Waals surface area contributed by atoms with Crippen LogP contribution in [0.5, 0.6) is 0 Å². The zero-order chi connectivity index (χ0) is 16.2. The molecule has 1 aliphatic carbocycles. The maximum Gasteiger partial charge on any atom is 0.150 e. The first kappa shape index (κ1) is 15.4. The SMILES string of the molecule is CCC1=Cc2ccc(C#Cc3ccc(N=C=S)c(F)c3)cc2C1. The Balaban J connectivity index is 1.84. The monoisotopic (exact) mass is 319 g/mol. The number of allylic oxidation sites excluding steroid dienone is 1. The van der Waals surface area contributed by atoms with Crippen molar-refractivity contribution in [2.75, 3.05) is 0 Å². The molecule has 3 heteroatoms. The van der Waals surface area contributed by atoms with Crippen molar-refractivity contribution in [1.29, 1.82) is 0 Å². The van der Waals surface area contributed by atoms with Gasteiger partial charge in [-0.25, -0.2) is 4.39 Å². The lowest BCUT2D eigenvalue weighted by Crippen LogP contribution is -1.86. The van der Waals surface area contributed by atoms with Crippen molar-refractivity contribution in [2.24, 2.45) is 4.99 Å². The molecule has 0 spiro atoms. The van der Waals surface area contributed by atoms with E-state index >= 15 is 0 Å². The zero-order valence-corrected chi connectivity index (χ0v) is 13.5. The molecule has 23 heavy (non-hydrogen) atoms. The Morgan fingerprint density at radius 2 is 1.87 bits per heavy atom. The molecule has 0 radical (unpaired) electrons. The van der Waals surface area contributed by atoms with Crippen molar-refractivity contribution in [2.45, 2.75) is 19.8 Å². The molecule has 2 aromatic carbocycles. The maximum absolute atomic E-state index is 13.8. The molecular formula is C20H14FNS. The predicted molar refractivity (Wildman–Crippen MR) is 95.5 cm³/mol. The summed E-state index contributed by atoms with van der Waals surface area (Å²) in [7, 11) is 0. The highest BCUT2D eigenvalue weighted by molar-refractivity contribution is 7.78. The number of benzene rings is 2. The van der Waals surface area contributed by atoms with Crippen molar-refractivity contribution < 1.29 is 4.39 Å². The van der Waals surface area contributed by atoms with Crippen molar-refractivity contribution in [3.63, 3.8) is 0 Å². The molecule has 2 aromatic rings. The van der Waals surface area contributed by atoms with Crippen molar-refractivity contribution in [3.05, 3.63) is 70.0 Å². The quantitative estimate of drug-likeness (QED) is 0.415. The van der Waals surface area contributed by atoms with Gasteiger partial charge in [0.1, 0.15) is 5.69 Å². The molecule has 0 heterocycles. The van der Waals surface area contributed by atoms with Gasteiger partial charge in [0.25, 0.3) is 0 Å². The molecule has 0 bridgehead atoms. The highest BCUT2D eigenvalue weighted by atomic mass is 32.1. The van der Waals surface area contributed by atoms with E-state index in [4.69, 9.17) is 0 Å². The summed E-state index contributed by atoms with van der Waals surface area (Å²) >= 11 is 4.48. The summed E-state index contributed by atoms with van der Waals surface area (Å²) in [5, 5.41) is 2.16. The molecule has 0 atom stereocenters. The van der Waals surface area contributed by atoms with Gasteiger partial charge in [-0.3, -0.25) is 0 Å². The molecule has 1 nitrogen and oxygen atoms in total. The molecule has 0 aliphatic heterocycles. The van der Waals surface area contributed by atoms with Crippen LogP contribution in [0.15, 0.2) is 47.0 Å². The van der Waals surface area contributed by atoms with Crippen LogP contribution in [-0.2, 0) is 6.42 Å². The molecule has 0 amide bonds. The lowest BCUT2D eigenvalue weighted by atomic mass is 10.0. The van der Waals surface area contributed by atoms with Gasteiger partial charge >= 0.3 is 0 Å². The van der Waals surface area contributed by atoms with Gasteiger partial charge < -0.3 is 0 Å². The van der Waals surface area contributed by atoms with E-state index in [-0.39, 0.29) is 5.69 Å². The van der Waals surface area contributed by atoms with E-state index in [9.17, 15) is 4.39 Å². The molecule has 1 aliphatic rings. The first-order valence-electron chi connectivity index (χ1n) is 7.41. The van der Waals surface area contributed by atoms with Crippen LogP contribution < -0.4 is 0 Å². The maximum atomic E-state index is 13.8. The largest absolute Gasteiger partial charge is 0.205 e. The zero-order valence-electron chi connectivity index (χ0n) is 12.7. The second-order valence-corrected chi connectivity index (χ2v) is 5.55. The summed E-state index contributed by atoms with van der Waals surface area (Å²) in [5.41, 5.74) is 5.77. The van der Waals surface area contributed by atoms with Crippen LogP contribution in [0.4, 0.5) is 10.1 Å². The fourth-order valence-corrected chi connectivity index (χ4v) is 2.69. The number of fused-ring (bicyclic) bond motifs is 1. The Morgan fingerprint density at radius 1 is 1.13 bits per heavy atom. The number of halogens is 1. The first-order valence-corrected chi connectivity index (χ1v) is 7.82. The number of hydrogen-bond acceptors (Lipinski definition) is 2. The number of isothiocyanates is 1. The van der Waals surface area contributed by atoms with Crippen molar-refractivity contribution in [1.82, 2.24) is 0 Å². The van der Waals surface area contributed by atoms with Crippen molar-refractivity contribution in [3.8, 4) is 11.8 Å². The summed E-state index contributed by atoms with van der Waals surface area (Å²) in [6.45, 7) is 2.17. The van der Waals surface area contributed by atoms with Crippen molar-refractivity contribution >= 4 is 29.1 Å². The summed E-state index contributed by atoms with van der Waals surface area (Å²) in [6, 6.07) is 10.9. The van der Waals surface area contributed by atoms with E-state index in [1.807, 2.05) is 6.07 Å². The first-order chi connectivity index (χ1) is 11.2. The molecule has 0 N–H and O–H groups in total. The lowest BCUT2D eigenvalue weighted by Gasteiger charge is -1.99. The number of aliphatic imine (C=N–C) groups is 1. The third kappa shape index (κ3) is 3.46. The van der Waals surface area contributed by atoms with Gasteiger partial charge in [-0.05, 0) is 66.5 Å². The third-order valence-electron chi connectivity index (χ3n) is 3.84. The topological polar surface area (TPSA) is 12.4 Å². The van der Waals surface area contributed by atoms with E-state index in [0.717, 1.165) is 18.4 Å². The van der Waals surface area contributed by atoms with Crippen LogP contribution in [0.3, 0.4) is 0 Å². The molecule has 112 valence electrons. The fourth-order valence-electron chi connectivity index (χ4n) is 2.59. The van der Waals surface area contributed by atoms with E-state index in [1.54, 1.807) is 12.1 Å². The Morgan fingerprint density at radius 3 is 2.57 bits per heavy atom. The minimum absolute atomic E-state index is 0.182. The smallest absolute Gasteiger partial charge is 0.150 e. The minimum atomic E-state index is -0.445.